The summed E-state index contributed by atoms with van der Waals surface area (Å²) in [5.41, 5.74) is 0.898. The van der Waals surface area contributed by atoms with Gasteiger partial charge in [0.2, 0.25) is 0 Å². The van der Waals surface area contributed by atoms with Gasteiger partial charge in [0.25, 0.3) is 15.9 Å². The number of halogens is 1. The fourth-order valence-electron chi connectivity index (χ4n) is 5.09. The van der Waals surface area contributed by atoms with Crippen molar-refractivity contribution >= 4 is 15.9 Å². The SMILES string of the molecule is Cc1cc(F)ccc1C(=O)NCC1(N2CCN(S(=O)(=O)c3cn(C)cn3)CC2)CCCCC1. The number of aryl methyl sites for hydroxylation is 2. The molecule has 1 aliphatic heterocycles. The fraction of sp³-hybridized carbons (Fsp3) is 0.565. The van der Waals surface area contributed by atoms with Gasteiger partial charge in [0.15, 0.2) is 5.03 Å². The summed E-state index contributed by atoms with van der Waals surface area (Å²) in [4.78, 5) is 19.2. The third-order valence-electron chi connectivity index (χ3n) is 6.99. The second-order valence-electron chi connectivity index (χ2n) is 9.20. The Labute approximate surface area is 194 Å². The van der Waals surface area contributed by atoms with Crippen molar-refractivity contribution in [2.75, 3.05) is 32.7 Å². The van der Waals surface area contributed by atoms with Gasteiger partial charge in [-0.1, -0.05) is 19.3 Å². The molecule has 4 rings (SSSR count). The first-order chi connectivity index (χ1) is 15.7. The first kappa shape index (κ1) is 23.8. The molecule has 0 atom stereocenters. The second kappa shape index (κ2) is 9.52. The first-order valence-corrected chi connectivity index (χ1v) is 12.9. The highest BCUT2D eigenvalue weighted by molar-refractivity contribution is 7.89. The van der Waals surface area contributed by atoms with Crippen LogP contribution in [-0.2, 0) is 17.1 Å². The van der Waals surface area contributed by atoms with E-state index >= 15 is 0 Å². The van der Waals surface area contributed by atoms with Crippen LogP contribution in [0.5, 0.6) is 0 Å². The molecule has 1 saturated carbocycles. The number of nitrogens with zero attached hydrogens (tertiary/aromatic N) is 4. The van der Waals surface area contributed by atoms with E-state index in [4.69, 9.17) is 0 Å². The summed E-state index contributed by atoms with van der Waals surface area (Å²) in [5.74, 6) is -0.555. The number of imidazole rings is 1. The maximum atomic E-state index is 13.4. The summed E-state index contributed by atoms with van der Waals surface area (Å²) in [6.45, 7) is 4.23. The van der Waals surface area contributed by atoms with E-state index in [2.05, 4.69) is 15.2 Å². The van der Waals surface area contributed by atoms with Gasteiger partial charge >= 0.3 is 0 Å². The van der Waals surface area contributed by atoms with E-state index in [1.54, 1.807) is 18.5 Å². The number of carbonyl (C=O) groups excluding carboxylic acids is 1. The van der Waals surface area contributed by atoms with Crippen LogP contribution in [0, 0.1) is 12.7 Å². The van der Waals surface area contributed by atoms with Gasteiger partial charge in [-0.3, -0.25) is 9.69 Å². The molecule has 0 radical (unpaired) electrons. The van der Waals surface area contributed by atoms with Gasteiger partial charge in [0, 0.05) is 57.1 Å². The van der Waals surface area contributed by atoms with Crippen molar-refractivity contribution in [2.24, 2.45) is 7.05 Å². The van der Waals surface area contributed by atoms with Crippen molar-refractivity contribution in [2.45, 2.75) is 49.6 Å². The highest BCUT2D eigenvalue weighted by atomic mass is 32.2. The zero-order valence-corrected chi connectivity index (χ0v) is 20.1. The highest BCUT2D eigenvalue weighted by Crippen LogP contribution is 2.34. The van der Waals surface area contributed by atoms with Crippen LogP contribution in [0.4, 0.5) is 4.39 Å². The molecule has 1 aromatic heterocycles. The zero-order chi connectivity index (χ0) is 23.6. The lowest BCUT2D eigenvalue weighted by Crippen LogP contribution is -2.62. The van der Waals surface area contributed by atoms with Crippen LogP contribution in [-0.4, -0.2) is 71.3 Å². The summed E-state index contributed by atoms with van der Waals surface area (Å²) >= 11 is 0. The normalized spacial score (nSPS) is 20.0. The van der Waals surface area contributed by atoms with E-state index < -0.39 is 10.0 Å². The van der Waals surface area contributed by atoms with E-state index in [0.717, 1.165) is 25.7 Å². The summed E-state index contributed by atoms with van der Waals surface area (Å²) in [5, 5.41) is 3.17. The van der Waals surface area contributed by atoms with E-state index in [-0.39, 0.29) is 22.3 Å². The molecule has 0 spiro atoms. The van der Waals surface area contributed by atoms with Gasteiger partial charge in [-0.05, 0) is 43.5 Å². The first-order valence-electron chi connectivity index (χ1n) is 11.5. The summed E-state index contributed by atoms with van der Waals surface area (Å²) in [7, 11) is -1.86. The lowest BCUT2D eigenvalue weighted by atomic mass is 9.79. The summed E-state index contributed by atoms with van der Waals surface area (Å²) in [6, 6.07) is 4.20. The van der Waals surface area contributed by atoms with Crippen LogP contribution in [0.15, 0.2) is 35.7 Å². The average molecular weight is 478 g/mol. The quantitative estimate of drug-likeness (QED) is 0.690. The van der Waals surface area contributed by atoms with Gasteiger partial charge < -0.3 is 9.88 Å². The van der Waals surface area contributed by atoms with Crippen LogP contribution in [0.1, 0.15) is 48.0 Å². The number of nitrogens with one attached hydrogen (secondary N) is 1. The number of rotatable bonds is 6. The molecule has 1 aromatic carbocycles. The Morgan fingerprint density at radius 3 is 2.45 bits per heavy atom. The number of aromatic nitrogens is 2. The molecule has 2 heterocycles. The van der Waals surface area contributed by atoms with Gasteiger partial charge in [0.1, 0.15) is 5.82 Å². The van der Waals surface area contributed by atoms with Crippen LogP contribution in [0.2, 0.25) is 0 Å². The molecule has 2 fully saturated rings. The molecule has 180 valence electrons. The van der Waals surface area contributed by atoms with Crippen molar-refractivity contribution in [3.8, 4) is 0 Å². The van der Waals surface area contributed by atoms with Gasteiger partial charge in [0.05, 0.1) is 6.33 Å². The van der Waals surface area contributed by atoms with Crippen molar-refractivity contribution in [3.05, 3.63) is 47.7 Å². The molecule has 0 bridgehead atoms. The molecule has 1 aliphatic carbocycles. The van der Waals surface area contributed by atoms with Crippen LogP contribution in [0.25, 0.3) is 0 Å². The number of amides is 1. The number of piperazine rings is 1. The standard InChI is InChI=1S/C23H32FN5O3S/c1-18-14-19(24)6-7-20(18)22(30)25-16-23(8-4-3-5-9-23)28-10-12-29(13-11-28)33(31,32)21-15-27(2)17-26-21/h6-7,14-15,17H,3-5,8-13,16H2,1-2H3,(H,25,30). The number of hydrogen-bond acceptors (Lipinski definition) is 5. The minimum Gasteiger partial charge on any atom is -0.350 e. The zero-order valence-electron chi connectivity index (χ0n) is 19.3. The third-order valence-corrected chi connectivity index (χ3v) is 8.77. The molecular formula is C23H32FN5O3S. The van der Waals surface area contributed by atoms with Crippen LogP contribution in [0.3, 0.4) is 0 Å². The molecule has 1 saturated heterocycles. The lowest BCUT2D eigenvalue weighted by molar-refractivity contribution is 0.0239. The van der Waals surface area contributed by atoms with E-state index in [1.807, 2.05) is 0 Å². The summed E-state index contributed by atoms with van der Waals surface area (Å²) in [6.07, 6.45) is 8.27. The van der Waals surface area contributed by atoms with Gasteiger partial charge in [-0.15, -0.1) is 0 Å². The van der Waals surface area contributed by atoms with Crippen molar-refractivity contribution in [3.63, 3.8) is 0 Å². The Bertz CT molecular complexity index is 1100. The Kier molecular flexibility index (Phi) is 6.88. The maximum absolute atomic E-state index is 13.4. The van der Waals surface area contributed by atoms with E-state index in [9.17, 15) is 17.6 Å². The lowest BCUT2D eigenvalue weighted by Gasteiger charge is -2.49. The van der Waals surface area contributed by atoms with Crippen molar-refractivity contribution in [1.82, 2.24) is 24.1 Å². The molecule has 0 unspecified atom stereocenters. The Balaban J connectivity index is 1.44. The molecule has 1 N–H and O–H groups in total. The predicted octanol–water partition coefficient (Wildman–Crippen LogP) is 2.31. The van der Waals surface area contributed by atoms with Gasteiger partial charge in [-0.25, -0.2) is 17.8 Å². The van der Waals surface area contributed by atoms with Gasteiger partial charge in [-0.2, -0.15) is 4.31 Å². The second-order valence-corrected chi connectivity index (χ2v) is 11.1. The monoisotopic (exact) mass is 477 g/mol. The molecule has 8 nitrogen and oxygen atoms in total. The van der Waals surface area contributed by atoms with Crippen LogP contribution >= 0.6 is 0 Å². The third kappa shape index (κ3) is 4.97. The molecular weight excluding hydrogens is 445 g/mol. The number of benzene rings is 1. The fourth-order valence-corrected chi connectivity index (χ4v) is 6.48. The smallest absolute Gasteiger partial charge is 0.262 e. The van der Waals surface area contributed by atoms with E-state index in [1.165, 1.54) is 41.4 Å². The molecule has 2 aliphatic rings. The number of carbonyl (C=O) groups is 1. The minimum atomic E-state index is -3.61. The highest BCUT2D eigenvalue weighted by Gasteiger charge is 2.41. The predicted molar refractivity (Wildman–Crippen MR) is 123 cm³/mol. The Morgan fingerprint density at radius 2 is 1.85 bits per heavy atom. The topological polar surface area (TPSA) is 87.5 Å². The number of hydrogen-bond donors (Lipinski definition) is 1. The van der Waals surface area contributed by atoms with Crippen LogP contribution < -0.4 is 5.32 Å². The molecule has 33 heavy (non-hydrogen) atoms. The average Bonchev–Trinajstić information content (AvgIpc) is 3.25. The number of sulfonamides is 1. The molecule has 2 aromatic rings. The maximum Gasteiger partial charge on any atom is 0.262 e. The Hall–Kier alpha value is -2.30. The minimum absolute atomic E-state index is 0.0766. The van der Waals surface area contributed by atoms with Crippen molar-refractivity contribution in [1.29, 1.82) is 0 Å². The van der Waals surface area contributed by atoms with E-state index in [0.29, 0.717) is 43.9 Å². The van der Waals surface area contributed by atoms with Crippen molar-refractivity contribution < 1.29 is 17.6 Å². The molecule has 10 heteroatoms. The Morgan fingerprint density at radius 1 is 1.15 bits per heavy atom. The largest absolute Gasteiger partial charge is 0.350 e. The molecule has 1 amide bonds. The summed E-state index contributed by atoms with van der Waals surface area (Å²) < 4.78 is 42.4.